The molecule has 0 unspecified atom stereocenters. The molecule has 1 aromatic heterocycles. The first-order valence-corrected chi connectivity index (χ1v) is 5.06. The lowest BCUT2D eigenvalue weighted by Crippen LogP contribution is -2.19. The monoisotopic (exact) mass is 206 g/mol. The number of hydrogen-bond donors (Lipinski definition) is 2. The van der Waals surface area contributed by atoms with Crippen molar-refractivity contribution in [3.05, 3.63) is 27.0 Å². The summed E-state index contributed by atoms with van der Waals surface area (Å²) >= 11 is 4.23. The number of nitrogens with zero attached hydrogens (tertiary/aromatic N) is 1. The SMILES string of the molecule is N#Cc1c2c(c(S)[nH]c1=O)CCCC2. The van der Waals surface area contributed by atoms with Gasteiger partial charge in [-0.2, -0.15) is 5.26 Å². The van der Waals surface area contributed by atoms with Crippen LogP contribution in [-0.2, 0) is 12.8 Å². The largest absolute Gasteiger partial charge is 0.316 e. The molecule has 1 aliphatic rings. The van der Waals surface area contributed by atoms with Crippen molar-refractivity contribution >= 4 is 12.6 Å². The van der Waals surface area contributed by atoms with E-state index in [1.807, 2.05) is 6.07 Å². The minimum atomic E-state index is -0.307. The molecule has 3 nitrogen and oxygen atoms in total. The molecular formula is C10H10N2OS. The molecule has 0 saturated heterocycles. The molecule has 0 saturated carbocycles. The molecule has 0 amide bonds. The lowest BCUT2D eigenvalue weighted by Gasteiger charge is -2.17. The van der Waals surface area contributed by atoms with Gasteiger partial charge in [-0.3, -0.25) is 4.79 Å². The van der Waals surface area contributed by atoms with Gasteiger partial charge in [-0.1, -0.05) is 0 Å². The molecule has 0 aliphatic heterocycles. The van der Waals surface area contributed by atoms with Crippen molar-refractivity contribution in [1.82, 2.24) is 4.98 Å². The van der Waals surface area contributed by atoms with Gasteiger partial charge in [0.05, 0.1) is 5.03 Å². The number of hydrogen-bond acceptors (Lipinski definition) is 3. The topological polar surface area (TPSA) is 56.6 Å². The maximum absolute atomic E-state index is 11.4. The van der Waals surface area contributed by atoms with Crippen LogP contribution >= 0.6 is 12.6 Å². The molecule has 0 aromatic carbocycles. The minimum Gasteiger partial charge on any atom is -0.316 e. The molecule has 0 bridgehead atoms. The van der Waals surface area contributed by atoms with E-state index in [4.69, 9.17) is 5.26 Å². The third kappa shape index (κ3) is 1.34. The quantitative estimate of drug-likeness (QED) is 0.631. The van der Waals surface area contributed by atoms with E-state index in [2.05, 4.69) is 17.6 Å². The molecule has 1 N–H and O–H groups in total. The average Bonchev–Trinajstić information content (AvgIpc) is 2.18. The Morgan fingerprint density at radius 2 is 1.93 bits per heavy atom. The van der Waals surface area contributed by atoms with Crippen molar-refractivity contribution in [1.29, 1.82) is 5.26 Å². The number of H-pyrrole nitrogens is 1. The first-order chi connectivity index (χ1) is 6.74. The van der Waals surface area contributed by atoms with Gasteiger partial charge >= 0.3 is 0 Å². The van der Waals surface area contributed by atoms with E-state index < -0.39 is 0 Å². The predicted molar refractivity (Wildman–Crippen MR) is 55.7 cm³/mol. The van der Waals surface area contributed by atoms with Gasteiger partial charge < -0.3 is 4.98 Å². The molecule has 1 heterocycles. The molecule has 0 fully saturated rings. The van der Waals surface area contributed by atoms with E-state index in [1.165, 1.54) is 0 Å². The fourth-order valence-corrected chi connectivity index (χ4v) is 2.29. The number of pyridine rings is 1. The van der Waals surface area contributed by atoms with Crippen LogP contribution in [0.1, 0.15) is 29.5 Å². The Hall–Kier alpha value is -1.21. The van der Waals surface area contributed by atoms with E-state index in [0.29, 0.717) is 5.03 Å². The van der Waals surface area contributed by atoms with Crippen LogP contribution in [0.15, 0.2) is 9.82 Å². The van der Waals surface area contributed by atoms with E-state index in [0.717, 1.165) is 36.8 Å². The summed E-state index contributed by atoms with van der Waals surface area (Å²) in [6.45, 7) is 0. The second kappa shape index (κ2) is 3.50. The van der Waals surface area contributed by atoms with Gasteiger partial charge in [-0.25, -0.2) is 0 Å². The van der Waals surface area contributed by atoms with Gasteiger partial charge in [0.15, 0.2) is 0 Å². The van der Waals surface area contributed by atoms with Crippen molar-refractivity contribution < 1.29 is 0 Å². The molecule has 72 valence electrons. The van der Waals surface area contributed by atoms with Crippen LogP contribution in [0.25, 0.3) is 0 Å². The first-order valence-electron chi connectivity index (χ1n) is 4.61. The van der Waals surface area contributed by atoms with Crippen molar-refractivity contribution in [3.63, 3.8) is 0 Å². The zero-order chi connectivity index (χ0) is 10.1. The molecule has 0 atom stereocenters. The molecule has 2 rings (SSSR count). The molecule has 1 aromatic rings. The highest BCUT2D eigenvalue weighted by Crippen LogP contribution is 2.25. The lowest BCUT2D eigenvalue weighted by molar-refractivity contribution is 0.663. The van der Waals surface area contributed by atoms with E-state index in [1.54, 1.807) is 0 Å². The van der Waals surface area contributed by atoms with Crippen molar-refractivity contribution in [2.45, 2.75) is 30.7 Å². The Kier molecular flexibility index (Phi) is 2.34. The van der Waals surface area contributed by atoms with Crippen LogP contribution in [0.5, 0.6) is 0 Å². The summed E-state index contributed by atoms with van der Waals surface area (Å²) in [5.74, 6) is 0. The van der Waals surface area contributed by atoms with Crippen molar-refractivity contribution in [2.75, 3.05) is 0 Å². The Morgan fingerprint density at radius 3 is 2.57 bits per heavy atom. The molecule has 4 heteroatoms. The highest BCUT2D eigenvalue weighted by molar-refractivity contribution is 7.80. The van der Waals surface area contributed by atoms with Crippen LogP contribution in [0, 0.1) is 11.3 Å². The lowest BCUT2D eigenvalue weighted by atomic mass is 9.90. The van der Waals surface area contributed by atoms with Gasteiger partial charge in [0.2, 0.25) is 0 Å². The number of nitrogens with one attached hydrogen (secondary N) is 1. The fraction of sp³-hybridized carbons (Fsp3) is 0.400. The van der Waals surface area contributed by atoms with Crippen LogP contribution in [0.2, 0.25) is 0 Å². The van der Waals surface area contributed by atoms with E-state index in [-0.39, 0.29) is 11.1 Å². The zero-order valence-corrected chi connectivity index (χ0v) is 8.53. The number of aromatic amines is 1. The van der Waals surface area contributed by atoms with E-state index >= 15 is 0 Å². The molecule has 0 radical (unpaired) electrons. The zero-order valence-electron chi connectivity index (χ0n) is 7.63. The molecule has 1 aliphatic carbocycles. The Labute approximate surface area is 87.2 Å². The van der Waals surface area contributed by atoms with Crippen molar-refractivity contribution in [3.8, 4) is 6.07 Å². The van der Waals surface area contributed by atoms with E-state index in [9.17, 15) is 4.79 Å². The van der Waals surface area contributed by atoms with Crippen LogP contribution in [0.4, 0.5) is 0 Å². The predicted octanol–water partition coefficient (Wildman–Crippen LogP) is 1.41. The summed E-state index contributed by atoms with van der Waals surface area (Å²) in [5, 5.41) is 9.50. The van der Waals surface area contributed by atoms with Gasteiger partial charge in [0, 0.05) is 0 Å². The van der Waals surface area contributed by atoms with Gasteiger partial charge in [-0.15, -0.1) is 12.6 Å². The number of aromatic nitrogens is 1. The highest BCUT2D eigenvalue weighted by atomic mass is 32.1. The normalized spacial score (nSPS) is 14.6. The van der Waals surface area contributed by atoms with Gasteiger partial charge in [-0.05, 0) is 36.8 Å². The summed E-state index contributed by atoms with van der Waals surface area (Å²) in [6.07, 6.45) is 3.91. The Morgan fingerprint density at radius 1 is 1.29 bits per heavy atom. The first kappa shape index (κ1) is 9.35. The summed E-state index contributed by atoms with van der Waals surface area (Å²) in [7, 11) is 0. The number of fused-ring (bicyclic) bond motifs is 1. The van der Waals surface area contributed by atoms with Crippen LogP contribution in [0.3, 0.4) is 0 Å². The maximum Gasteiger partial charge on any atom is 0.266 e. The average molecular weight is 206 g/mol. The van der Waals surface area contributed by atoms with Crippen LogP contribution in [-0.4, -0.2) is 4.98 Å². The number of rotatable bonds is 0. The minimum absolute atomic E-state index is 0.275. The van der Waals surface area contributed by atoms with Gasteiger partial charge in [0.25, 0.3) is 5.56 Å². The molecular weight excluding hydrogens is 196 g/mol. The number of thiol groups is 1. The smallest absolute Gasteiger partial charge is 0.266 e. The molecule has 0 spiro atoms. The third-order valence-electron chi connectivity index (χ3n) is 2.63. The number of nitriles is 1. The summed E-state index contributed by atoms with van der Waals surface area (Å²) in [5.41, 5.74) is 1.93. The Balaban J connectivity index is 2.75. The second-order valence-corrected chi connectivity index (χ2v) is 3.90. The van der Waals surface area contributed by atoms with Crippen molar-refractivity contribution in [2.24, 2.45) is 0 Å². The second-order valence-electron chi connectivity index (χ2n) is 3.45. The highest BCUT2D eigenvalue weighted by Gasteiger charge is 2.18. The molecule has 14 heavy (non-hydrogen) atoms. The fourth-order valence-electron chi connectivity index (χ4n) is 1.94. The summed E-state index contributed by atoms with van der Waals surface area (Å²) < 4.78 is 0. The standard InChI is InChI=1S/C10H10N2OS/c11-5-8-6-3-1-2-4-7(6)10(14)12-9(8)13/h1-4H2,(H2,12,13,14). The summed E-state index contributed by atoms with van der Waals surface area (Å²) in [4.78, 5) is 14.0. The van der Waals surface area contributed by atoms with Crippen LogP contribution < -0.4 is 5.56 Å². The maximum atomic E-state index is 11.4. The Bertz CT molecular complexity index is 470. The van der Waals surface area contributed by atoms with Gasteiger partial charge in [0.1, 0.15) is 11.6 Å². The summed E-state index contributed by atoms with van der Waals surface area (Å²) in [6, 6.07) is 1.97. The third-order valence-corrected chi connectivity index (χ3v) is 3.01.